The minimum absolute atomic E-state index is 0.0195. The molecule has 0 heterocycles. The van der Waals surface area contributed by atoms with Crippen LogP contribution in [0.1, 0.15) is 26.2 Å². The van der Waals surface area contributed by atoms with Crippen LogP contribution >= 0.6 is 0 Å². The molecule has 0 aliphatic heterocycles. The van der Waals surface area contributed by atoms with E-state index in [1.165, 1.54) is 4.90 Å². The number of amides is 1. The average Bonchev–Trinajstić information content (AvgIpc) is 2.56. The van der Waals surface area contributed by atoms with Crippen molar-refractivity contribution in [1.82, 2.24) is 4.90 Å². The van der Waals surface area contributed by atoms with Crippen LogP contribution in [0.15, 0.2) is 0 Å². The molecule has 5 nitrogen and oxygen atoms in total. The Balaban J connectivity index is 2.43. The molecule has 1 fully saturated rings. The number of nitrogens with zero attached hydrogens (tertiary/aromatic N) is 1. The molecule has 1 saturated carbocycles. The summed E-state index contributed by atoms with van der Waals surface area (Å²) in [5.41, 5.74) is 0. The maximum Gasteiger partial charge on any atom is 0.222 e. The van der Waals surface area contributed by atoms with Crippen molar-refractivity contribution in [3.05, 3.63) is 0 Å². The van der Waals surface area contributed by atoms with Crippen molar-refractivity contribution in [2.45, 2.75) is 26.2 Å². The van der Waals surface area contributed by atoms with Crippen molar-refractivity contribution in [3.8, 4) is 0 Å². The van der Waals surface area contributed by atoms with Crippen LogP contribution in [-0.4, -0.2) is 50.6 Å². The fourth-order valence-electron chi connectivity index (χ4n) is 2.15. The van der Waals surface area contributed by atoms with Crippen LogP contribution in [0.2, 0.25) is 0 Å². The molecule has 2 unspecified atom stereocenters. The third kappa shape index (κ3) is 4.40. The van der Waals surface area contributed by atoms with Gasteiger partial charge in [0.15, 0.2) is 0 Å². The molecule has 1 aliphatic rings. The third-order valence-corrected chi connectivity index (χ3v) is 4.56. The number of carbonyl (C=O) groups is 2. The van der Waals surface area contributed by atoms with Gasteiger partial charge in [-0.1, -0.05) is 6.92 Å². The van der Waals surface area contributed by atoms with Crippen molar-refractivity contribution >= 4 is 21.5 Å². The third-order valence-electron chi connectivity index (χ3n) is 3.64. The lowest BCUT2D eigenvalue weighted by Crippen LogP contribution is -2.33. The van der Waals surface area contributed by atoms with Gasteiger partial charge in [0.25, 0.3) is 0 Å². The first-order valence-electron chi connectivity index (χ1n) is 6.15. The van der Waals surface area contributed by atoms with Gasteiger partial charge in [0.05, 0.1) is 5.75 Å². The van der Waals surface area contributed by atoms with Crippen LogP contribution in [0.4, 0.5) is 0 Å². The van der Waals surface area contributed by atoms with Crippen molar-refractivity contribution < 1.29 is 18.0 Å². The monoisotopic (exact) mass is 275 g/mol. The second-order valence-electron chi connectivity index (χ2n) is 5.20. The second-order valence-corrected chi connectivity index (χ2v) is 7.46. The van der Waals surface area contributed by atoms with E-state index in [0.29, 0.717) is 12.8 Å². The number of ketones is 1. The predicted octanol–water partition coefficient (Wildman–Crippen LogP) is 0.495. The molecular formula is C12H21NO4S. The number of rotatable bonds is 5. The molecule has 1 amide bonds. The number of hydrogen-bond acceptors (Lipinski definition) is 4. The fraction of sp³-hybridized carbons (Fsp3) is 0.833. The highest BCUT2D eigenvalue weighted by Crippen LogP contribution is 2.31. The molecule has 18 heavy (non-hydrogen) atoms. The quantitative estimate of drug-likeness (QED) is 0.732. The zero-order valence-corrected chi connectivity index (χ0v) is 12.0. The summed E-state index contributed by atoms with van der Waals surface area (Å²) < 4.78 is 22.0. The molecule has 2 atom stereocenters. The summed E-state index contributed by atoms with van der Waals surface area (Å²) in [6, 6.07) is 0. The van der Waals surface area contributed by atoms with Gasteiger partial charge in [-0.2, -0.15) is 0 Å². The Kier molecular flexibility index (Phi) is 4.90. The minimum Gasteiger partial charge on any atom is -0.345 e. The molecule has 0 aromatic rings. The van der Waals surface area contributed by atoms with E-state index >= 15 is 0 Å². The van der Waals surface area contributed by atoms with Crippen LogP contribution < -0.4 is 0 Å². The van der Waals surface area contributed by atoms with Crippen molar-refractivity contribution in [1.29, 1.82) is 0 Å². The largest absolute Gasteiger partial charge is 0.345 e. The molecule has 1 rings (SSSR count). The van der Waals surface area contributed by atoms with Crippen LogP contribution in [0, 0.1) is 11.8 Å². The SMILES string of the molecule is CC1C(=O)CCC1CC(=O)N(C)CCS(C)(=O)=O. The molecule has 104 valence electrons. The molecule has 0 bridgehead atoms. The lowest BCUT2D eigenvalue weighted by molar-refractivity contribution is -0.131. The summed E-state index contributed by atoms with van der Waals surface area (Å²) in [7, 11) is -1.44. The molecule has 0 radical (unpaired) electrons. The normalized spacial score (nSPS) is 24.3. The molecule has 6 heteroatoms. The standard InChI is InChI=1S/C12H21NO4S/c1-9-10(4-5-11(9)14)8-12(15)13(2)6-7-18(3,16)17/h9-10H,4-8H2,1-3H3. The summed E-state index contributed by atoms with van der Waals surface area (Å²) in [5, 5.41) is 0. The Morgan fingerprint density at radius 3 is 2.50 bits per heavy atom. The van der Waals surface area contributed by atoms with E-state index in [-0.39, 0.29) is 35.8 Å². The van der Waals surface area contributed by atoms with Crippen molar-refractivity contribution in [3.63, 3.8) is 0 Å². The fourth-order valence-corrected chi connectivity index (χ4v) is 2.76. The van der Waals surface area contributed by atoms with E-state index in [9.17, 15) is 18.0 Å². The Bertz CT molecular complexity index is 429. The minimum atomic E-state index is -3.05. The highest BCUT2D eigenvalue weighted by Gasteiger charge is 2.32. The maximum absolute atomic E-state index is 11.9. The van der Waals surface area contributed by atoms with E-state index in [4.69, 9.17) is 0 Å². The van der Waals surface area contributed by atoms with E-state index < -0.39 is 9.84 Å². The number of Topliss-reactive ketones (excluding diaryl/α,β-unsaturated/α-hetero) is 1. The van der Waals surface area contributed by atoms with Crippen LogP contribution in [-0.2, 0) is 19.4 Å². The molecule has 0 aromatic heterocycles. The summed E-state index contributed by atoms with van der Waals surface area (Å²) in [4.78, 5) is 24.7. The topological polar surface area (TPSA) is 71.5 Å². The Labute approximate surface area is 108 Å². The molecular weight excluding hydrogens is 254 g/mol. The summed E-state index contributed by atoms with van der Waals surface area (Å²) in [6.07, 6.45) is 2.83. The van der Waals surface area contributed by atoms with Gasteiger partial charge >= 0.3 is 0 Å². The summed E-state index contributed by atoms with van der Waals surface area (Å²) in [5.74, 6) is 0.203. The molecule has 0 aromatic carbocycles. The number of hydrogen-bond donors (Lipinski definition) is 0. The molecule has 1 aliphatic carbocycles. The van der Waals surface area contributed by atoms with Crippen molar-refractivity contribution in [2.24, 2.45) is 11.8 Å². The van der Waals surface area contributed by atoms with Crippen LogP contribution in [0.3, 0.4) is 0 Å². The lowest BCUT2D eigenvalue weighted by Gasteiger charge is -2.20. The molecule has 0 saturated heterocycles. The van der Waals surface area contributed by atoms with Crippen LogP contribution in [0.25, 0.3) is 0 Å². The van der Waals surface area contributed by atoms with Gasteiger partial charge in [-0.05, 0) is 12.3 Å². The molecule has 0 spiro atoms. The maximum atomic E-state index is 11.9. The Morgan fingerprint density at radius 1 is 1.44 bits per heavy atom. The van der Waals surface area contributed by atoms with Gasteiger partial charge in [0, 0.05) is 38.6 Å². The smallest absolute Gasteiger partial charge is 0.222 e. The van der Waals surface area contributed by atoms with E-state index in [0.717, 1.165) is 12.7 Å². The van der Waals surface area contributed by atoms with Gasteiger partial charge in [0.2, 0.25) is 5.91 Å². The van der Waals surface area contributed by atoms with Gasteiger partial charge in [-0.15, -0.1) is 0 Å². The van der Waals surface area contributed by atoms with Crippen LogP contribution in [0.5, 0.6) is 0 Å². The number of sulfone groups is 1. The van der Waals surface area contributed by atoms with E-state index in [1.54, 1.807) is 7.05 Å². The predicted molar refractivity (Wildman–Crippen MR) is 68.9 cm³/mol. The van der Waals surface area contributed by atoms with Crippen molar-refractivity contribution in [2.75, 3.05) is 25.6 Å². The van der Waals surface area contributed by atoms with E-state index in [1.807, 2.05) is 6.92 Å². The van der Waals surface area contributed by atoms with Gasteiger partial charge in [-0.25, -0.2) is 8.42 Å². The first-order valence-corrected chi connectivity index (χ1v) is 8.21. The first kappa shape index (κ1) is 15.1. The van der Waals surface area contributed by atoms with Gasteiger partial charge in [0.1, 0.15) is 15.6 Å². The summed E-state index contributed by atoms with van der Waals surface area (Å²) >= 11 is 0. The second kappa shape index (κ2) is 5.82. The Morgan fingerprint density at radius 2 is 2.06 bits per heavy atom. The Hall–Kier alpha value is -0.910. The zero-order valence-electron chi connectivity index (χ0n) is 11.2. The highest BCUT2D eigenvalue weighted by atomic mass is 32.2. The number of carbonyl (C=O) groups excluding carboxylic acids is 2. The lowest BCUT2D eigenvalue weighted by atomic mass is 9.94. The average molecular weight is 275 g/mol. The van der Waals surface area contributed by atoms with E-state index in [2.05, 4.69) is 0 Å². The summed E-state index contributed by atoms with van der Waals surface area (Å²) in [6.45, 7) is 2.08. The first-order chi connectivity index (χ1) is 8.20. The highest BCUT2D eigenvalue weighted by molar-refractivity contribution is 7.90. The van der Waals surface area contributed by atoms with Gasteiger partial charge < -0.3 is 4.90 Å². The zero-order chi connectivity index (χ0) is 13.9. The van der Waals surface area contributed by atoms with Gasteiger partial charge in [-0.3, -0.25) is 9.59 Å². The molecule has 0 N–H and O–H groups in total.